The average molecular weight is 477 g/mol. The molecule has 0 saturated carbocycles. The molecule has 180 valence electrons. The quantitative estimate of drug-likeness (QED) is 0.663. The van der Waals surface area contributed by atoms with E-state index in [9.17, 15) is 9.59 Å². The first-order valence-corrected chi connectivity index (χ1v) is 11.6. The van der Waals surface area contributed by atoms with Crippen molar-refractivity contribution in [3.63, 3.8) is 0 Å². The minimum atomic E-state index is -0.608. The van der Waals surface area contributed by atoms with Crippen LogP contribution in [0.4, 0.5) is 10.7 Å². The van der Waals surface area contributed by atoms with Crippen LogP contribution in [0.5, 0.6) is 0 Å². The summed E-state index contributed by atoms with van der Waals surface area (Å²) in [4.78, 5) is 37.5. The molecule has 1 aromatic carbocycles. The minimum Gasteiger partial charge on any atom is -0.444 e. The number of hydrogen-bond acceptors (Lipinski definition) is 6. The van der Waals surface area contributed by atoms with Gasteiger partial charge in [-0.1, -0.05) is 44.0 Å². The van der Waals surface area contributed by atoms with Gasteiger partial charge in [0.25, 0.3) is 5.56 Å². The lowest BCUT2D eigenvalue weighted by molar-refractivity contribution is 0.0219. The van der Waals surface area contributed by atoms with Gasteiger partial charge in [-0.05, 0) is 44.4 Å². The van der Waals surface area contributed by atoms with Crippen LogP contribution in [0.3, 0.4) is 0 Å². The molecule has 2 aromatic rings. The molecule has 0 bridgehead atoms. The maximum Gasteiger partial charge on any atom is 0.410 e. The second kappa shape index (κ2) is 10.0. The Labute approximate surface area is 199 Å². The van der Waals surface area contributed by atoms with Gasteiger partial charge in [0.2, 0.25) is 5.95 Å². The first-order valence-electron chi connectivity index (χ1n) is 11.2. The Morgan fingerprint density at radius 2 is 1.94 bits per heavy atom. The fourth-order valence-electron chi connectivity index (χ4n) is 3.80. The van der Waals surface area contributed by atoms with Crippen LogP contribution in [-0.4, -0.2) is 40.0 Å². The van der Waals surface area contributed by atoms with Crippen LogP contribution >= 0.6 is 11.6 Å². The number of hydrogen-bond donors (Lipinski definition) is 1. The van der Waals surface area contributed by atoms with E-state index in [-0.39, 0.29) is 24.1 Å². The molecule has 9 heteroatoms. The zero-order valence-corrected chi connectivity index (χ0v) is 20.9. The van der Waals surface area contributed by atoms with Gasteiger partial charge in [0.1, 0.15) is 12.7 Å². The largest absolute Gasteiger partial charge is 0.444 e. The van der Waals surface area contributed by atoms with E-state index in [1.807, 2.05) is 45.0 Å². The number of halogens is 1. The first-order chi connectivity index (χ1) is 15.5. The normalized spacial score (nSPS) is 15.4. The number of anilines is 1. The number of carbonyl (C=O) groups excluding carboxylic acids is 1. The van der Waals surface area contributed by atoms with Crippen molar-refractivity contribution in [3.8, 4) is 0 Å². The summed E-state index contributed by atoms with van der Waals surface area (Å²) in [5.74, 6) is 0.597. The summed E-state index contributed by atoms with van der Waals surface area (Å²) in [6.07, 6.45) is 0.934. The Hall–Kier alpha value is -2.74. The van der Waals surface area contributed by atoms with E-state index in [2.05, 4.69) is 19.2 Å². The minimum absolute atomic E-state index is 0.0968. The van der Waals surface area contributed by atoms with Crippen LogP contribution in [0.2, 0.25) is 5.02 Å². The Kier molecular flexibility index (Phi) is 7.57. The van der Waals surface area contributed by atoms with Gasteiger partial charge in [-0.3, -0.25) is 4.79 Å². The van der Waals surface area contributed by atoms with E-state index >= 15 is 0 Å². The van der Waals surface area contributed by atoms with Crippen molar-refractivity contribution in [3.05, 3.63) is 56.5 Å². The highest BCUT2D eigenvalue weighted by atomic mass is 35.5. The summed E-state index contributed by atoms with van der Waals surface area (Å²) >= 11 is 6.07. The van der Waals surface area contributed by atoms with Gasteiger partial charge in [0.15, 0.2) is 0 Å². The lowest BCUT2D eigenvalue weighted by Gasteiger charge is -2.31. The third kappa shape index (κ3) is 5.79. The number of rotatable bonds is 6. The molecule has 0 aliphatic carbocycles. The van der Waals surface area contributed by atoms with Gasteiger partial charge in [0.05, 0.1) is 23.8 Å². The smallest absolute Gasteiger partial charge is 0.410 e. The second-order valence-electron chi connectivity index (χ2n) is 9.35. The van der Waals surface area contributed by atoms with Gasteiger partial charge < -0.3 is 19.8 Å². The maximum atomic E-state index is 13.3. The van der Waals surface area contributed by atoms with Crippen molar-refractivity contribution in [2.24, 2.45) is 5.92 Å². The molecule has 2 heterocycles. The van der Waals surface area contributed by atoms with Crippen LogP contribution in [0.25, 0.3) is 0 Å². The van der Waals surface area contributed by atoms with E-state index in [1.165, 1.54) is 12.0 Å². The van der Waals surface area contributed by atoms with Gasteiger partial charge in [-0.15, -0.1) is 4.73 Å². The highest BCUT2D eigenvalue weighted by Crippen LogP contribution is 2.29. The molecule has 1 N–H and O–H groups in total. The van der Waals surface area contributed by atoms with Crippen LogP contribution in [0.1, 0.15) is 63.9 Å². The van der Waals surface area contributed by atoms with Crippen LogP contribution in [0, 0.1) is 5.92 Å². The number of ether oxygens (including phenoxy) is 1. The number of carbonyl (C=O) groups is 1. The van der Waals surface area contributed by atoms with Crippen LogP contribution in [-0.2, 0) is 17.7 Å². The van der Waals surface area contributed by atoms with Crippen molar-refractivity contribution in [2.45, 2.75) is 65.6 Å². The Balaban J connectivity index is 1.93. The molecular weight excluding hydrogens is 444 g/mol. The Morgan fingerprint density at radius 3 is 2.52 bits per heavy atom. The lowest BCUT2D eigenvalue weighted by atomic mass is 9.92. The number of benzene rings is 1. The van der Waals surface area contributed by atoms with E-state index in [0.717, 1.165) is 16.7 Å². The van der Waals surface area contributed by atoms with Gasteiger partial charge in [0, 0.05) is 18.0 Å². The number of amides is 1. The molecule has 0 radical (unpaired) electrons. The van der Waals surface area contributed by atoms with E-state index in [1.54, 1.807) is 0 Å². The number of nitrogens with one attached hydrogen (secondary N) is 1. The summed E-state index contributed by atoms with van der Waals surface area (Å²) in [6.45, 7) is 10.3. The summed E-state index contributed by atoms with van der Waals surface area (Å²) in [5.41, 5.74) is 1.19. The molecule has 1 aliphatic heterocycles. The number of fused-ring (bicyclic) bond motifs is 1. The third-order valence-electron chi connectivity index (χ3n) is 5.75. The standard InChI is InChI=1S/C24H33ClN4O4/c1-7-15(2)20(16-8-10-17(25)11-9-16)27-22-26-19-12-13-28(23(31)33-24(3,4)5)14-18(19)21(30)29(22)32-6/h8-11,15,20H,7,12-14H2,1-6H3,(H,26,27). The Morgan fingerprint density at radius 1 is 1.27 bits per heavy atom. The monoisotopic (exact) mass is 476 g/mol. The molecule has 1 amide bonds. The van der Waals surface area contributed by atoms with Crippen molar-refractivity contribution in [2.75, 3.05) is 19.0 Å². The fourth-order valence-corrected chi connectivity index (χ4v) is 3.93. The molecular formula is C24H33ClN4O4. The summed E-state index contributed by atoms with van der Waals surface area (Å²) in [7, 11) is 1.43. The van der Waals surface area contributed by atoms with Gasteiger partial charge in [-0.2, -0.15) is 0 Å². The summed E-state index contributed by atoms with van der Waals surface area (Å²) in [5, 5.41) is 4.08. The third-order valence-corrected chi connectivity index (χ3v) is 6.00. The first kappa shape index (κ1) is 24.9. The van der Waals surface area contributed by atoms with Crippen LogP contribution in [0.15, 0.2) is 29.1 Å². The molecule has 3 rings (SSSR count). The van der Waals surface area contributed by atoms with Gasteiger partial charge >= 0.3 is 6.09 Å². The summed E-state index contributed by atoms with van der Waals surface area (Å²) in [6, 6.07) is 7.54. The van der Waals surface area contributed by atoms with E-state index < -0.39 is 11.7 Å². The zero-order chi connectivity index (χ0) is 24.3. The molecule has 8 nitrogen and oxygen atoms in total. The molecule has 0 fully saturated rings. The van der Waals surface area contributed by atoms with Gasteiger partial charge in [-0.25, -0.2) is 9.78 Å². The molecule has 0 spiro atoms. The molecule has 1 aliphatic rings. The van der Waals surface area contributed by atoms with Crippen molar-refractivity contribution >= 4 is 23.6 Å². The molecule has 0 saturated heterocycles. The molecule has 2 unspecified atom stereocenters. The predicted molar refractivity (Wildman–Crippen MR) is 129 cm³/mol. The van der Waals surface area contributed by atoms with E-state index in [0.29, 0.717) is 35.2 Å². The average Bonchev–Trinajstić information content (AvgIpc) is 2.76. The van der Waals surface area contributed by atoms with Crippen molar-refractivity contribution < 1.29 is 14.4 Å². The Bertz CT molecular complexity index is 1050. The van der Waals surface area contributed by atoms with E-state index in [4.69, 9.17) is 26.2 Å². The number of aromatic nitrogens is 2. The predicted octanol–water partition coefficient (Wildman–Crippen LogP) is 4.45. The van der Waals surface area contributed by atoms with Crippen molar-refractivity contribution in [1.29, 1.82) is 0 Å². The lowest BCUT2D eigenvalue weighted by Crippen LogP contribution is -2.44. The maximum absolute atomic E-state index is 13.3. The zero-order valence-electron chi connectivity index (χ0n) is 20.1. The molecule has 2 atom stereocenters. The highest BCUT2D eigenvalue weighted by Gasteiger charge is 2.30. The topological polar surface area (TPSA) is 85.7 Å². The molecule has 33 heavy (non-hydrogen) atoms. The second-order valence-corrected chi connectivity index (χ2v) is 9.79. The van der Waals surface area contributed by atoms with Crippen molar-refractivity contribution in [1.82, 2.24) is 14.6 Å². The molecule has 1 aromatic heterocycles. The number of nitrogens with zero attached hydrogens (tertiary/aromatic N) is 3. The van der Waals surface area contributed by atoms with Crippen LogP contribution < -0.4 is 15.7 Å². The summed E-state index contributed by atoms with van der Waals surface area (Å²) < 4.78 is 6.62. The highest BCUT2D eigenvalue weighted by molar-refractivity contribution is 6.30. The fraction of sp³-hybridized carbons (Fsp3) is 0.542. The SMILES string of the molecule is CCC(C)C(Nc1nc2c(c(=O)n1OC)CN(C(=O)OC(C)(C)C)CC2)c1ccc(Cl)cc1.